The highest BCUT2D eigenvalue weighted by Crippen LogP contribution is 2.29. The summed E-state index contributed by atoms with van der Waals surface area (Å²) in [4.78, 5) is 39.0. The Morgan fingerprint density at radius 2 is 1.53 bits per heavy atom. The van der Waals surface area contributed by atoms with Crippen LogP contribution in [0.25, 0.3) is 0 Å². The molecular weight excluding hydrogens is 456 g/mol. The maximum atomic E-state index is 12.8. The summed E-state index contributed by atoms with van der Waals surface area (Å²) in [6, 6.07) is 22.4. The molecule has 1 aliphatic heterocycles. The maximum Gasteiger partial charge on any atom is 0.343 e. The largest absolute Gasteiger partial charge is 0.490 e. The molecule has 0 bridgehead atoms. The van der Waals surface area contributed by atoms with Crippen molar-refractivity contribution in [1.82, 2.24) is 4.90 Å². The van der Waals surface area contributed by atoms with E-state index in [0.717, 1.165) is 10.5 Å². The molecule has 0 atom stereocenters. The van der Waals surface area contributed by atoms with Crippen LogP contribution in [0.15, 0.2) is 89.6 Å². The van der Waals surface area contributed by atoms with Crippen LogP contribution in [0.1, 0.15) is 22.8 Å². The Balaban J connectivity index is 1.44. The minimum atomic E-state index is -0.564. The van der Waals surface area contributed by atoms with Crippen LogP contribution in [0.3, 0.4) is 0 Å². The number of benzene rings is 3. The Kier molecular flexibility index (Phi) is 6.94. The van der Waals surface area contributed by atoms with E-state index < -0.39 is 17.8 Å². The number of rotatable bonds is 8. The predicted molar refractivity (Wildman–Crippen MR) is 128 cm³/mol. The lowest BCUT2D eigenvalue weighted by Gasteiger charge is -2.15. The normalized spacial score (nSPS) is 13.3. The minimum Gasteiger partial charge on any atom is -0.490 e. The summed E-state index contributed by atoms with van der Waals surface area (Å²) in [7, 11) is 0. The SMILES string of the molecule is CCOc1ccccc1OC(=O)c1ccc(NC2=C(Cl)C(=O)N(Cc3ccccc3)C2=O)cc1. The molecule has 1 aliphatic rings. The number of esters is 1. The van der Waals surface area contributed by atoms with Crippen LogP contribution in [-0.4, -0.2) is 29.3 Å². The molecule has 1 N–H and O–H groups in total. The van der Waals surface area contributed by atoms with Gasteiger partial charge in [-0.1, -0.05) is 54.1 Å². The zero-order valence-electron chi connectivity index (χ0n) is 18.3. The zero-order chi connectivity index (χ0) is 24.1. The van der Waals surface area contributed by atoms with Gasteiger partial charge in [0.1, 0.15) is 10.7 Å². The quantitative estimate of drug-likeness (QED) is 0.287. The monoisotopic (exact) mass is 476 g/mol. The van der Waals surface area contributed by atoms with Gasteiger partial charge >= 0.3 is 5.97 Å². The number of para-hydroxylation sites is 2. The summed E-state index contributed by atoms with van der Waals surface area (Å²) >= 11 is 6.17. The summed E-state index contributed by atoms with van der Waals surface area (Å²) < 4.78 is 10.9. The number of imide groups is 1. The van der Waals surface area contributed by atoms with E-state index in [1.54, 1.807) is 48.5 Å². The highest BCUT2D eigenvalue weighted by Gasteiger charge is 2.37. The minimum absolute atomic E-state index is 0.0106. The van der Waals surface area contributed by atoms with E-state index in [9.17, 15) is 14.4 Å². The molecule has 2 amide bonds. The lowest BCUT2D eigenvalue weighted by Crippen LogP contribution is -2.31. The lowest BCUT2D eigenvalue weighted by atomic mass is 10.2. The molecule has 0 unspecified atom stereocenters. The zero-order valence-corrected chi connectivity index (χ0v) is 19.0. The molecule has 0 fully saturated rings. The number of nitrogens with zero attached hydrogens (tertiary/aromatic N) is 1. The van der Waals surface area contributed by atoms with Gasteiger partial charge in [0.25, 0.3) is 11.8 Å². The van der Waals surface area contributed by atoms with Gasteiger partial charge in [-0.15, -0.1) is 0 Å². The first-order chi connectivity index (χ1) is 16.5. The van der Waals surface area contributed by atoms with Gasteiger partial charge in [-0.3, -0.25) is 14.5 Å². The van der Waals surface area contributed by atoms with E-state index in [2.05, 4.69) is 5.32 Å². The molecule has 0 spiro atoms. The number of hydrogen-bond donors (Lipinski definition) is 1. The van der Waals surface area contributed by atoms with Crippen molar-refractivity contribution in [2.75, 3.05) is 11.9 Å². The van der Waals surface area contributed by atoms with E-state index in [1.807, 2.05) is 37.3 Å². The van der Waals surface area contributed by atoms with Crippen LogP contribution in [0.5, 0.6) is 11.5 Å². The third-order valence-electron chi connectivity index (χ3n) is 5.04. The Morgan fingerprint density at radius 1 is 0.882 bits per heavy atom. The standard InChI is InChI=1S/C26H21ClN2O5/c1-2-33-20-10-6-7-11-21(20)34-26(32)18-12-14-19(15-13-18)28-23-22(27)24(30)29(25(23)31)16-17-8-4-3-5-9-17/h3-15,28H,2,16H2,1H3. The first-order valence-electron chi connectivity index (χ1n) is 10.6. The van der Waals surface area contributed by atoms with Crippen LogP contribution in [0, 0.1) is 0 Å². The second kappa shape index (κ2) is 10.2. The van der Waals surface area contributed by atoms with Gasteiger partial charge < -0.3 is 14.8 Å². The molecule has 3 aromatic carbocycles. The van der Waals surface area contributed by atoms with Crippen LogP contribution < -0.4 is 14.8 Å². The molecule has 0 saturated carbocycles. The molecule has 172 valence electrons. The fourth-order valence-corrected chi connectivity index (χ4v) is 3.60. The summed E-state index contributed by atoms with van der Waals surface area (Å²) in [6.07, 6.45) is 0. The van der Waals surface area contributed by atoms with Crippen LogP contribution in [0.2, 0.25) is 0 Å². The van der Waals surface area contributed by atoms with Gasteiger partial charge in [-0.05, 0) is 48.9 Å². The van der Waals surface area contributed by atoms with Crippen molar-refractivity contribution in [2.24, 2.45) is 0 Å². The number of carbonyl (C=O) groups excluding carboxylic acids is 3. The highest BCUT2D eigenvalue weighted by molar-refractivity contribution is 6.48. The number of carbonyl (C=O) groups is 3. The summed E-state index contributed by atoms with van der Waals surface area (Å²) in [6.45, 7) is 2.40. The summed E-state index contributed by atoms with van der Waals surface area (Å²) in [5, 5.41) is 2.71. The highest BCUT2D eigenvalue weighted by atomic mass is 35.5. The van der Waals surface area contributed by atoms with Gasteiger partial charge in [0.2, 0.25) is 0 Å². The Morgan fingerprint density at radius 3 is 2.21 bits per heavy atom. The molecule has 0 radical (unpaired) electrons. The number of halogens is 1. The third-order valence-corrected chi connectivity index (χ3v) is 5.39. The van der Waals surface area contributed by atoms with Crippen molar-refractivity contribution in [3.05, 3.63) is 101 Å². The molecule has 4 rings (SSSR count). The van der Waals surface area contributed by atoms with Crippen molar-refractivity contribution < 1.29 is 23.9 Å². The smallest absolute Gasteiger partial charge is 0.343 e. The Labute approximate surface area is 201 Å². The molecule has 7 nitrogen and oxygen atoms in total. The van der Waals surface area contributed by atoms with Crippen LogP contribution >= 0.6 is 11.6 Å². The van der Waals surface area contributed by atoms with Crippen LogP contribution in [-0.2, 0) is 16.1 Å². The average Bonchev–Trinajstić information content (AvgIpc) is 3.05. The molecule has 1 heterocycles. The Hall–Kier alpha value is -4.10. The maximum absolute atomic E-state index is 12.8. The molecule has 0 aromatic heterocycles. The fourth-order valence-electron chi connectivity index (χ4n) is 3.37. The number of nitrogens with one attached hydrogen (secondary N) is 1. The number of amides is 2. The van der Waals surface area contributed by atoms with Gasteiger partial charge in [-0.25, -0.2) is 4.79 Å². The van der Waals surface area contributed by atoms with Crippen molar-refractivity contribution in [3.63, 3.8) is 0 Å². The predicted octanol–water partition coefficient (Wildman–Crippen LogP) is 4.74. The molecule has 8 heteroatoms. The number of anilines is 1. The molecule has 0 saturated heterocycles. The van der Waals surface area contributed by atoms with E-state index in [4.69, 9.17) is 21.1 Å². The van der Waals surface area contributed by atoms with Crippen molar-refractivity contribution in [1.29, 1.82) is 0 Å². The van der Waals surface area contributed by atoms with Crippen LogP contribution in [0.4, 0.5) is 5.69 Å². The Bertz CT molecular complexity index is 1260. The second-order valence-electron chi connectivity index (χ2n) is 7.34. The van der Waals surface area contributed by atoms with Gasteiger partial charge in [0.05, 0.1) is 18.7 Å². The molecule has 3 aromatic rings. The third kappa shape index (κ3) is 4.94. The summed E-state index contributed by atoms with van der Waals surface area (Å²) in [5.74, 6) is -0.845. The molecule has 0 aliphatic carbocycles. The van der Waals surface area contributed by atoms with Crippen molar-refractivity contribution in [3.8, 4) is 11.5 Å². The van der Waals surface area contributed by atoms with E-state index in [1.165, 1.54) is 0 Å². The second-order valence-corrected chi connectivity index (χ2v) is 7.72. The van der Waals surface area contributed by atoms with E-state index in [0.29, 0.717) is 29.4 Å². The first-order valence-corrected chi connectivity index (χ1v) is 11.0. The van der Waals surface area contributed by atoms with E-state index >= 15 is 0 Å². The van der Waals surface area contributed by atoms with Gasteiger partial charge in [0, 0.05) is 5.69 Å². The number of ether oxygens (including phenoxy) is 2. The topological polar surface area (TPSA) is 84.9 Å². The average molecular weight is 477 g/mol. The first kappa shape index (κ1) is 23.1. The summed E-state index contributed by atoms with van der Waals surface area (Å²) in [5.41, 5.74) is 1.59. The lowest BCUT2D eigenvalue weighted by molar-refractivity contribution is -0.138. The number of hydrogen-bond acceptors (Lipinski definition) is 6. The fraction of sp³-hybridized carbons (Fsp3) is 0.115. The van der Waals surface area contributed by atoms with Crippen molar-refractivity contribution in [2.45, 2.75) is 13.5 Å². The van der Waals surface area contributed by atoms with Gasteiger partial charge in [0.15, 0.2) is 11.5 Å². The molecule has 34 heavy (non-hydrogen) atoms. The van der Waals surface area contributed by atoms with E-state index in [-0.39, 0.29) is 17.3 Å². The molecular formula is C26H21ClN2O5. The van der Waals surface area contributed by atoms with Gasteiger partial charge in [-0.2, -0.15) is 0 Å². The van der Waals surface area contributed by atoms with Crippen molar-refractivity contribution >= 4 is 35.1 Å².